The Balaban J connectivity index is 1.51. The van der Waals surface area contributed by atoms with Crippen LogP contribution in [-0.2, 0) is 20.9 Å². The van der Waals surface area contributed by atoms with Crippen molar-refractivity contribution in [2.75, 3.05) is 12.4 Å². The number of aliphatic imine (C=N–C) groups is 1. The van der Waals surface area contributed by atoms with Crippen molar-refractivity contribution >= 4 is 45.5 Å². The SMILES string of the molecule is COc1cc(/C=C2\N=C(c3ccc(NC(C)=O)cc3)OC2=O)ccc1OCc1ccccc1Br. The molecular formula is C26H21BrN2O5. The topological polar surface area (TPSA) is 86.2 Å². The van der Waals surface area contributed by atoms with Crippen LogP contribution in [-0.4, -0.2) is 24.9 Å². The number of halogens is 1. The molecule has 7 nitrogen and oxygen atoms in total. The monoisotopic (exact) mass is 520 g/mol. The molecule has 1 aliphatic rings. The average molecular weight is 521 g/mol. The number of amides is 1. The number of anilines is 1. The van der Waals surface area contributed by atoms with E-state index in [2.05, 4.69) is 26.2 Å². The highest BCUT2D eigenvalue weighted by Gasteiger charge is 2.24. The number of rotatable bonds is 7. The van der Waals surface area contributed by atoms with E-state index < -0.39 is 5.97 Å². The summed E-state index contributed by atoms with van der Waals surface area (Å²) < 4.78 is 17.7. The first kappa shape index (κ1) is 23.3. The van der Waals surface area contributed by atoms with Crippen molar-refractivity contribution < 1.29 is 23.8 Å². The van der Waals surface area contributed by atoms with Crippen LogP contribution in [0.1, 0.15) is 23.6 Å². The third kappa shape index (κ3) is 5.52. The first-order chi connectivity index (χ1) is 16.4. The number of methoxy groups -OCH3 is 1. The van der Waals surface area contributed by atoms with Crippen LogP contribution >= 0.6 is 15.9 Å². The number of nitrogens with one attached hydrogen (secondary N) is 1. The second-order valence-electron chi connectivity index (χ2n) is 7.38. The molecule has 34 heavy (non-hydrogen) atoms. The number of carbonyl (C=O) groups excluding carboxylic acids is 2. The molecule has 0 radical (unpaired) electrons. The number of esters is 1. The zero-order valence-corrected chi connectivity index (χ0v) is 20.1. The molecule has 0 saturated heterocycles. The van der Waals surface area contributed by atoms with Gasteiger partial charge in [0.2, 0.25) is 11.8 Å². The van der Waals surface area contributed by atoms with Crippen molar-refractivity contribution in [2.24, 2.45) is 4.99 Å². The van der Waals surface area contributed by atoms with Gasteiger partial charge in [-0.1, -0.05) is 40.2 Å². The fourth-order valence-corrected chi connectivity index (χ4v) is 3.65. The lowest BCUT2D eigenvalue weighted by molar-refractivity contribution is -0.129. The van der Waals surface area contributed by atoms with Crippen LogP contribution < -0.4 is 14.8 Å². The molecule has 0 aliphatic carbocycles. The Bertz CT molecular complexity index is 1300. The quantitative estimate of drug-likeness (QED) is 0.335. The number of cyclic esters (lactones) is 1. The number of benzene rings is 3. The van der Waals surface area contributed by atoms with Gasteiger partial charge in [0.1, 0.15) is 6.61 Å². The maximum atomic E-state index is 12.4. The molecular weight excluding hydrogens is 500 g/mol. The smallest absolute Gasteiger partial charge is 0.363 e. The van der Waals surface area contributed by atoms with Crippen molar-refractivity contribution in [2.45, 2.75) is 13.5 Å². The fourth-order valence-electron chi connectivity index (χ4n) is 3.25. The third-order valence-electron chi connectivity index (χ3n) is 4.90. The van der Waals surface area contributed by atoms with E-state index in [-0.39, 0.29) is 17.5 Å². The minimum absolute atomic E-state index is 0.164. The highest BCUT2D eigenvalue weighted by atomic mass is 79.9. The van der Waals surface area contributed by atoms with Gasteiger partial charge >= 0.3 is 5.97 Å². The Labute approximate surface area is 205 Å². The number of nitrogens with zero attached hydrogens (tertiary/aromatic N) is 1. The third-order valence-corrected chi connectivity index (χ3v) is 5.68. The van der Waals surface area contributed by atoms with E-state index in [1.807, 2.05) is 30.3 Å². The molecule has 1 amide bonds. The number of hydrogen-bond acceptors (Lipinski definition) is 6. The summed E-state index contributed by atoms with van der Waals surface area (Å²) in [6.07, 6.45) is 1.63. The summed E-state index contributed by atoms with van der Waals surface area (Å²) in [5.41, 5.74) is 3.16. The van der Waals surface area contributed by atoms with E-state index in [1.54, 1.807) is 49.6 Å². The normalized spacial score (nSPS) is 13.9. The van der Waals surface area contributed by atoms with Crippen LogP contribution in [0.25, 0.3) is 6.08 Å². The maximum absolute atomic E-state index is 12.4. The fraction of sp³-hybridized carbons (Fsp3) is 0.115. The molecule has 0 unspecified atom stereocenters. The standard InChI is InChI=1S/C26H21BrN2O5/c1-16(30)28-20-10-8-18(9-11-20)25-29-22(26(31)34-25)13-17-7-12-23(24(14-17)32-2)33-15-19-5-3-4-6-21(19)27/h3-14H,15H2,1-2H3,(H,28,30)/b22-13-. The second-order valence-corrected chi connectivity index (χ2v) is 8.24. The van der Waals surface area contributed by atoms with Crippen LogP contribution in [0.3, 0.4) is 0 Å². The van der Waals surface area contributed by atoms with Gasteiger partial charge in [0.05, 0.1) is 7.11 Å². The maximum Gasteiger partial charge on any atom is 0.363 e. The summed E-state index contributed by atoms with van der Waals surface area (Å²) in [5, 5.41) is 2.69. The van der Waals surface area contributed by atoms with Gasteiger partial charge in [0.15, 0.2) is 17.2 Å². The average Bonchev–Trinajstić information content (AvgIpc) is 3.19. The van der Waals surface area contributed by atoms with E-state index in [9.17, 15) is 9.59 Å². The van der Waals surface area contributed by atoms with E-state index >= 15 is 0 Å². The van der Waals surface area contributed by atoms with Crippen molar-refractivity contribution in [3.8, 4) is 11.5 Å². The van der Waals surface area contributed by atoms with E-state index in [1.165, 1.54) is 6.92 Å². The van der Waals surface area contributed by atoms with Gasteiger partial charge in [-0.05, 0) is 54.1 Å². The number of hydrogen-bond donors (Lipinski definition) is 1. The van der Waals surface area contributed by atoms with Crippen LogP contribution in [0.4, 0.5) is 5.69 Å². The largest absolute Gasteiger partial charge is 0.493 e. The van der Waals surface area contributed by atoms with Crippen molar-refractivity contribution in [3.05, 3.63) is 93.6 Å². The summed E-state index contributed by atoms with van der Waals surface area (Å²) in [4.78, 5) is 27.9. The van der Waals surface area contributed by atoms with Crippen molar-refractivity contribution in [1.29, 1.82) is 0 Å². The highest BCUT2D eigenvalue weighted by Crippen LogP contribution is 2.31. The van der Waals surface area contributed by atoms with Gasteiger partial charge in [-0.15, -0.1) is 0 Å². The van der Waals surface area contributed by atoms with Crippen molar-refractivity contribution in [1.82, 2.24) is 0 Å². The van der Waals surface area contributed by atoms with Gasteiger partial charge in [0.25, 0.3) is 0 Å². The second kappa shape index (κ2) is 10.4. The molecule has 0 fully saturated rings. The summed E-state index contributed by atoms with van der Waals surface area (Å²) in [6, 6.07) is 20.1. The summed E-state index contributed by atoms with van der Waals surface area (Å²) in [6.45, 7) is 1.81. The molecule has 0 saturated carbocycles. The number of ether oxygens (including phenoxy) is 3. The molecule has 0 atom stereocenters. The summed E-state index contributed by atoms with van der Waals surface area (Å²) in [5.74, 6) is 0.603. The van der Waals surface area contributed by atoms with Gasteiger partial charge in [-0.25, -0.2) is 9.79 Å². The lowest BCUT2D eigenvalue weighted by Gasteiger charge is -2.12. The Morgan fingerprint density at radius 3 is 2.56 bits per heavy atom. The van der Waals surface area contributed by atoms with Crippen LogP contribution in [0.5, 0.6) is 11.5 Å². The highest BCUT2D eigenvalue weighted by molar-refractivity contribution is 9.10. The van der Waals surface area contributed by atoms with E-state index in [0.29, 0.717) is 34.9 Å². The Morgan fingerprint density at radius 2 is 1.85 bits per heavy atom. The molecule has 3 aromatic carbocycles. The predicted molar refractivity (Wildman–Crippen MR) is 133 cm³/mol. The van der Waals surface area contributed by atoms with Gasteiger partial charge in [-0.3, -0.25) is 4.79 Å². The summed E-state index contributed by atoms with van der Waals surface area (Å²) in [7, 11) is 1.56. The summed E-state index contributed by atoms with van der Waals surface area (Å²) >= 11 is 3.51. The molecule has 4 rings (SSSR count). The van der Waals surface area contributed by atoms with E-state index in [4.69, 9.17) is 14.2 Å². The molecule has 8 heteroatoms. The van der Waals surface area contributed by atoms with Crippen LogP contribution in [0.15, 0.2) is 81.9 Å². The zero-order valence-electron chi connectivity index (χ0n) is 18.5. The lowest BCUT2D eigenvalue weighted by atomic mass is 10.1. The molecule has 1 heterocycles. The van der Waals surface area contributed by atoms with Crippen LogP contribution in [0, 0.1) is 0 Å². The minimum atomic E-state index is -0.547. The molecule has 1 aliphatic heterocycles. The minimum Gasteiger partial charge on any atom is -0.493 e. The molecule has 0 aromatic heterocycles. The first-order valence-electron chi connectivity index (χ1n) is 10.4. The van der Waals surface area contributed by atoms with Gasteiger partial charge < -0.3 is 19.5 Å². The molecule has 0 bridgehead atoms. The molecule has 1 N–H and O–H groups in total. The Kier molecular flexibility index (Phi) is 7.08. The zero-order chi connectivity index (χ0) is 24.1. The predicted octanol–water partition coefficient (Wildman–Crippen LogP) is 5.34. The number of carbonyl (C=O) groups is 2. The Hall–Kier alpha value is -3.91. The van der Waals surface area contributed by atoms with Gasteiger partial charge in [0, 0.05) is 28.2 Å². The van der Waals surface area contributed by atoms with Crippen LogP contribution in [0.2, 0.25) is 0 Å². The molecule has 3 aromatic rings. The Morgan fingerprint density at radius 1 is 1.09 bits per heavy atom. The molecule has 0 spiro atoms. The first-order valence-corrected chi connectivity index (χ1v) is 11.2. The molecule has 172 valence electrons. The lowest BCUT2D eigenvalue weighted by Crippen LogP contribution is -2.07. The van der Waals surface area contributed by atoms with E-state index in [0.717, 1.165) is 10.0 Å². The van der Waals surface area contributed by atoms with Crippen molar-refractivity contribution in [3.63, 3.8) is 0 Å². The van der Waals surface area contributed by atoms with Gasteiger partial charge in [-0.2, -0.15) is 0 Å².